The molecule has 0 amide bonds. The lowest BCUT2D eigenvalue weighted by atomic mass is 10.00. The van der Waals surface area contributed by atoms with Crippen molar-refractivity contribution in [3.8, 4) is 0 Å². The van der Waals surface area contributed by atoms with Gasteiger partial charge in [-0.3, -0.25) is 4.98 Å². The highest BCUT2D eigenvalue weighted by Crippen LogP contribution is 2.30. The number of pyridine rings is 1. The fraction of sp³-hybridized carbons (Fsp3) is 0.444. The normalized spacial score (nSPS) is 13.0. The van der Waals surface area contributed by atoms with Crippen LogP contribution < -0.4 is 5.73 Å². The molecule has 0 unspecified atom stereocenters. The molecule has 0 fully saturated rings. The molecule has 2 N–H and O–H groups in total. The van der Waals surface area contributed by atoms with Gasteiger partial charge in [-0.2, -0.15) is 13.2 Å². The first kappa shape index (κ1) is 11.0. The van der Waals surface area contributed by atoms with E-state index in [4.69, 9.17) is 5.73 Å². The van der Waals surface area contributed by atoms with E-state index >= 15 is 0 Å². The number of nitrogens with zero attached hydrogens (tertiary/aromatic N) is 1. The molecule has 1 aromatic heterocycles. The van der Waals surface area contributed by atoms with E-state index in [2.05, 4.69) is 4.98 Å². The lowest BCUT2D eigenvalue weighted by Gasteiger charge is -2.18. The molecular formula is C9H11F3N2. The summed E-state index contributed by atoms with van der Waals surface area (Å²) in [6.45, 7) is 3.21. The molecule has 5 heteroatoms. The van der Waals surface area contributed by atoms with Crippen LogP contribution in [0.3, 0.4) is 0 Å². The van der Waals surface area contributed by atoms with Crippen molar-refractivity contribution in [2.45, 2.75) is 25.6 Å². The van der Waals surface area contributed by atoms with Crippen molar-refractivity contribution >= 4 is 0 Å². The van der Waals surface area contributed by atoms with Gasteiger partial charge in [0.2, 0.25) is 0 Å². The van der Waals surface area contributed by atoms with Crippen molar-refractivity contribution in [2.24, 2.45) is 5.73 Å². The largest absolute Gasteiger partial charge is 0.416 e. The van der Waals surface area contributed by atoms with E-state index in [1.807, 2.05) is 0 Å². The number of halogens is 3. The molecular weight excluding hydrogens is 193 g/mol. The van der Waals surface area contributed by atoms with Gasteiger partial charge in [0.05, 0.1) is 16.8 Å². The Morgan fingerprint density at radius 2 is 1.86 bits per heavy atom. The highest BCUT2D eigenvalue weighted by atomic mass is 19.4. The summed E-state index contributed by atoms with van der Waals surface area (Å²) in [6, 6.07) is 1.90. The van der Waals surface area contributed by atoms with Gasteiger partial charge < -0.3 is 5.73 Å². The SMILES string of the molecule is CC(C)(N)c1cc(C(F)(F)F)ccn1. The third-order valence-corrected chi connectivity index (χ3v) is 1.75. The fourth-order valence-electron chi connectivity index (χ4n) is 0.959. The zero-order valence-electron chi connectivity index (χ0n) is 7.89. The zero-order chi connectivity index (χ0) is 11.0. The van der Waals surface area contributed by atoms with Gasteiger partial charge in [0, 0.05) is 6.20 Å². The second-order valence-corrected chi connectivity index (χ2v) is 3.65. The second kappa shape index (κ2) is 3.24. The lowest BCUT2D eigenvalue weighted by molar-refractivity contribution is -0.137. The smallest absolute Gasteiger partial charge is 0.321 e. The van der Waals surface area contributed by atoms with Gasteiger partial charge in [-0.05, 0) is 26.0 Å². The van der Waals surface area contributed by atoms with E-state index in [0.29, 0.717) is 0 Å². The standard InChI is InChI=1S/C9H11F3N2/c1-8(2,13)7-5-6(3-4-14-7)9(10,11)12/h3-5H,13H2,1-2H3. The molecule has 0 spiro atoms. The molecule has 0 aliphatic rings. The molecule has 0 atom stereocenters. The maximum atomic E-state index is 12.3. The van der Waals surface area contributed by atoms with E-state index < -0.39 is 17.3 Å². The van der Waals surface area contributed by atoms with Gasteiger partial charge in [-0.15, -0.1) is 0 Å². The molecule has 1 heterocycles. The highest BCUT2D eigenvalue weighted by molar-refractivity contribution is 5.23. The summed E-state index contributed by atoms with van der Waals surface area (Å²) in [4.78, 5) is 3.80. The first-order chi connectivity index (χ1) is 6.21. The van der Waals surface area contributed by atoms with Crippen molar-refractivity contribution < 1.29 is 13.2 Å². The number of aromatic nitrogens is 1. The van der Waals surface area contributed by atoms with Crippen LogP contribution in [0.1, 0.15) is 25.1 Å². The van der Waals surface area contributed by atoms with Gasteiger partial charge in [-0.1, -0.05) is 0 Å². The van der Waals surface area contributed by atoms with E-state index in [-0.39, 0.29) is 5.69 Å². The molecule has 0 bridgehead atoms. The molecule has 0 saturated heterocycles. The summed E-state index contributed by atoms with van der Waals surface area (Å²) >= 11 is 0. The summed E-state index contributed by atoms with van der Waals surface area (Å²) in [5, 5.41) is 0. The third-order valence-electron chi connectivity index (χ3n) is 1.75. The monoisotopic (exact) mass is 204 g/mol. The summed E-state index contributed by atoms with van der Waals surface area (Å²) in [5.74, 6) is 0. The molecule has 1 aromatic rings. The van der Waals surface area contributed by atoms with E-state index in [9.17, 15) is 13.2 Å². The Labute approximate surface area is 79.9 Å². The Balaban J connectivity index is 3.15. The minimum absolute atomic E-state index is 0.229. The molecule has 0 aliphatic heterocycles. The van der Waals surface area contributed by atoms with Crippen LogP contribution in [0.5, 0.6) is 0 Å². The number of nitrogens with two attached hydrogens (primary N) is 1. The second-order valence-electron chi connectivity index (χ2n) is 3.65. The maximum absolute atomic E-state index is 12.3. The van der Waals surface area contributed by atoms with Crippen LogP contribution in [0.4, 0.5) is 13.2 Å². The van der Waals surface area contributed by atoms with Crippen LogP contribution in [0.15, 0.2) is 18.3 Å². The zero-order valence-corrected chi connectivity index (χ0v) is 7.89. The van der Waals surface area contributed by atoms with Crippen LogP contribution in [0.2, 0.25) is 0 Å². The van der Waals surface area contributed by atoms with Gasteiger partial charge in [0.25, 0.3) is 0 Å². The number of rotatable bonds is 1. The van der Waals surface area contributed by atoms with Gasteiger partial charge in [0.1, 0.15) is 0 Å². The first-order valence-corrected chi connectivity index (χ1v) is 4.04. The molecule has 0 aromatic carbocycles. The Kier molecular flexibility index (Phi) is 2.54. The van der Waals surface area contributed by atoms with Crippen molar-refractivity contribution in [3.05, 3.63) is 29.6 Å². The van der Waals surface area contributed by atoms with E-state index in [1.165, 1.54) is 0 Å². The molecule has 2 nitrogen and oxygen atoms in total. The molecule has 0 saturated carbocycles. The van der Waals surface area contributed by atoms with Crippen LogP contribution in [-0.4, -0.2) is 4.98 Å². The minimum atomic E-state index is -4.34. The van der Waals surface area contributed by atoms with E-state index in [1.54, 1.807) is 13.8 Å². The topological polar surface area (TPSA) is 38.9 Å². The Bertz CT molecular complexity index is 296. The van der Waals surface area contributed by atoms with E-state index in [0.717, 1.165) is 18.3 Å². The predicted octanol–water partition coefficient (Wildman–Crippen LogP) is 2.29. The van der Waals surface area contributed by atoms with Crippen LogP contribution in [-0.2, 0) is 11.7 Å². The Hall–Kier alpha value is -1.10. The average molecular weight is 204 g/mol. The first-order valence-electron chi connectivity index (χ1n) is 4.04. The van der Waals surface area contributed by atoms with Crippen LogP contribution in [0.25, 0.3) is 0 Å². The Morgan fingerprint density at radius 3 is 2.29 bits per heavy atom. The molecule has 0 aliphatic carbocycles. The van der Waals surface area contributed by atoms with Crippen LogP contribution in [0, 0.1) is 0 Å². The fourth-order valence-corrected chi connectivity index (χ4v) is 0.959. The summed E-state index contributed by atoms with van der Waals surface area (Å²) in [5.41, 5.74) is 4.29. The number of hydrogen-bond donors (Lipinski definition) is 1. The summed E-state index contributed by atoms with van der Waals surface area (Å²) < 4.78 is 36.9. The van der Waals surface area contributed by atoms with Crippen molar-refractivity contribution in [1.82, 2.24) is 4.98 Å². The predicted molar refractivity (Wildman–Crippen MR) is 46.5 cm³/mol. The minimum Gasteiger partial charge on any atom is -0.321 e. The third kappa shape index (κ3) is 2.45. The van der Waals surface area contributed by atoms with Crippen LogP contribution >= 0.6 is 0 Å². The molecule has 1 rings (SSSR count). The van der Waals surface area contributed by atoms with Crippen molar-refractivity contribution in [3.63, 3.8) is 0 Å². The lowest BCUT2D eigenvalue weighted by Crippen LogP contribution is -2.30. The van der Waals surface area contributed by atoms with Crippen molar-refractivity contribution in [2.75, 3.05) is 0 Å². The maximum Gasteiger partial charge on any atom is 0.416 e. The number of hydrogen-bond acceptors (Lipinski definition) is 2. The summed E-state index contributed by atoms with van der Waals surface area (Å²) in [6.07, 6.45) is -3.23. The summed E-state index contributed by atoms with van der Waals surface area (Å²) in [7, 11) is 0. The highest BCUT2D eigenvalue weighted by Gasteiger charge is 2.31. The van der Waals surface area contributed by atoms with Gasteiger partial charge >= 0.3 is 6.18 Å². The van der Waals surface area contributed by atoms with Gasteiger partial charge in [-0.25, -0.2) is 0 Å². The molecule has 14 heavy (non-hydrogen) atoms. The Morgan fingerprint density at radius 1 is 1.29 bits per heavy atom. The van der Waals surface area contributed by atoms with Gasteiger partial charge in [0.15, 0.2) is 0 Å². The average Bonchev–Trinajstić information content (AvgIpc) is 2.01. The number of alkyl halides is 3. The quantitative estimate of drug-likeness (QED) is 0.762. The molecule has 0 radical (unpaired) electrons. The van der Waals surface area contributed by atoms with Crippen molar-refractivity contribution in [1.29, 1.82) is 0 Å². The molecule has 78 valence electrons.